The van der Waals surface area contributed by atoms with Crippen molar-refractivity contribution in [3.63, 3.8) is 0 Å². The normalized spacial score (nSPS) is 16.1. The molecule has 0 radical (unpaired) electrons. The molecule has 1 N–H and O–H groups in total. The number of amides is 1. The smallest absolute Gasteiger partial charge is 0.228 e. The molecule has 1 aliphatic rings. The maximum Gasteiger partial charge on any atom is 0.228 e. The number of carbonyl (C=O) groups is 1. The van der Waals surface area contributed by atoms with Gasteiger partial charge in [-0.1, -0.05) is 26.8 Å². The largest absolute Gasteiger partial charge is 0.346 e. The van der Waals surface area contributed by atoms with Crippen molar-refractivity contribution in [3.05, 3.63) is 36.2 Å². The number of aromatic nitrogens is 2. The van der Waals surface area contributed by atoms with Gasteiger partial charge in [0.25, 0.3) is 0 Å². The predicted octanol–water partition coefficient (Wildman–Crippen LogP) is 3.22. The first kappa shape index (κ1) is 13.9. The van der Waals surface area contributed by atoms with Gasteiger partial charge in [0.1, 0.15) is 5.65 Å². The second-order valence-corrected chi connectivity index (χ2v) is 6.58. The molecule has 0 saturated heterocycles. The number of fused-ring (bicyclic) bond motifs is 1. The van der Waals surface area contributed by atoms with E-state index in [-0.39, 0.29) is 11.3 Å². The zero-order chi connectivity index (χ0) is 15.0. The van der Waals surface area contributed by atoms with Crippen molar-refractivity contribution in [3.8, 4) is 0 Å². The van der Waals surface area contributed by atoms with Gasteiger partial charge in [-0.3, -0.25) is 4.79 Å². The van der Waals surface area contributed by atoms with Gasteiger partial charge in [0, 0.05) is 41.8 Å². The van der Waals surface area contributed by atoms with Gasteiger partial charge < -0.3 is 9.88 Å². The first-order valence-corrected chi connectivity index (χ1v) is 7.38. The van der Waals surface area contributed by atoms with E-state index < -0.39 is 0 Å². The predicted molar refractivity (Wildman–Crippen MR) is 84.7 cm³/mol. The Balaban J connectivity index is 1.84. The first-order valence-electron chi connectivity index (χ1n) is 7.38. The number of nitrogens with one attached hydrogen (secondary N) is 1. The monoisotopic (exact) mass is 283 g/mol. The highest BCUT2D eigenvalue weighted by molar-refractivity contribution is 5.91. The molecule has 0 spiro atoms. The lowest BCUT2D eigenvalue weighted by Gasteiger charge is -2.31. The Morgan fingerprint density at radius 2 is 2.19 bits per heavy atom. The Hall–Kier alpha value is -2.10. The van der Waals surface area contributed by atoms with Crippen LogP contribution in [0.3, 0.4) is 0 Å². The number of carbonyl (C=O) groups excluding carboxylic acids is 1. The summed E-state index contributed by atoms with van der Waals surface area (Å²) in [5, 5.41) is 1.15. The summed E-state index contributed by atoms with van der Waals surface area (Å²) in [5.74, 6) is 0.221. The van der Waals surface area contributed by atoms with Crippen LogP contribution in [-0.2, 0) is 4.79 Å². The van der Waals surface area contributed by atoms with E-state index in [0.717, 1.165) is 24.0 Å². The zero-order valence-corrected chi connectivity index (χ0v) is 12.8. The van der Waals surface area contributed by atoms with Gasteiger partial charge in [-0.2, -0.15) is 0 Å². The molecule has 0 unspecified atom stereocenters. The molecule has 3 heterocycles. The Bertz CT molecular complexity index is 706. The zero-order valence-electron chi connectivity index (χ0n) is 12.8. The van der Waals surface area contributed by atoms with Crippen LogP contribution in [0.25, 0.3) is 16.6 Å². The van der Waals surface area contributed by atoms with Gasteiger partial charge in [0.05, 0.1) is 0 Å². The van der Waals surface area contributed by atoms with Crippen LogP contribution in [0.5, 0.6) is 0 Å². The second kappa shape index (κ2) is 5.02. The molecule has 0 atom stereocenters. The van der Waals surface area contributed by atoms with E-state index in [1.54, 1.807) is 6.20 Å². The third kappa shape index (κ3) is 2.58. The van der Waals surface area contributed by atoms with E-state index in [2.05, 4.69) is 22.1 Å². The van der Waals surface area contributed by atoms with E-state index >= 15 is 0 Å². The number of nitrogens with zero attached hydrogens (tertiary/aromatic N) is 2. The third-order valence-electron chi connectivity index (χ3n) is 3.94. The van der Waals surface area contributed by atoms with Crippen molar-refractivity contribution >= 4 is 22.5 Å². The summed E-state index contributed by atoms with van der Waals surface area (Å²) in [6.07, 6.45) is 6.87. The lowest BCUT2D eigenvalue weighted by molar-refractivity contribution is -0.138. The molecule has 4 nitrogen and oxygen atoms in total. The maximum atomic E-state index is 12.3. The minimum Gasteiger partial charge on any atom is -0.346 e. The van der Waals surface area contributed by atoms with Gasteiger partial charge in [-0.15, -0.1) is 0 Å². The van der Waals surface area contributed by atoms with Gasteiger partial charge >= 0.3 is 0 Å². The summed E-state index contributed by atoms with van der Waals surface area (Å²) in [6.45, 7) is 7.40. The topological polar surface area (TPSA) is 49.0 Å². The van der Waals surface area contributed by atoms with Crippen LogP contribution in [-0.4, -0.2) is 33.9 Å². The number of aromatic amines is 1. The fourth-order valence-corrected chi connectivity index (χ4v) is 2.79. The van der Waals surface area contributed by atoms with Gasteiger partial charge in [-0.25, -0.2) is 4.98 Å². The van der Waals surface area contributed by atoms with E-state index in [1.165, 1.54) is 11.1 Å². The average Bonchev–Trinajstić information content (AvgIpc) is 2.90. The van der Waals surface area contributed by atoms with Gasteiger partial charge in [0.2, 0.25) is 5.91 Å². The molecular formula is C17H21N3O. The summed E-state index contributed by atoms with van der Waals surface area (Å²) in [7, 11) is 0. The van der Waals surface area contributed by atoms with E-state index in [9.17, 15) is 4.79 Å². The molecule has 1 aliphatic heterocycles. The third-order valence-corrected chi connectivity index (χ3v) is 3.94. The van der Waals surface area contributed by atoms with Gasteiger partial charge in [0.15, 0.2) is 0 Å². The van der Waals surface area contributed by atoms with E-state index in [1.807, 2.05) is 37.9 Å². The molecule has 110 valence electrons. The summed E-state index contributed by atoms with van der Waals surface area (Å²) in [4.78, 5) is 21.8. The number of H-pyrrole nitrogens is 1. The minimum atomic E-state index is -0.309. The van der Waals surface area contributed by atoms with Crippen LogP contribution in [0.15, 0.2) is 30.6 Å². The molecule has 2 aromatic heterocycles. The second-order valence-electron chi connectivity index (χ2n) is 6.58. The van der Waals surface area contributed by atoms with Crippen LogP contribution < -0.4 is 0 Å². The molecular weight excluding hydrogens is 262 g/mol. The summed E-state index contributed by atoms with van der Waals surface area (Å²) in [5.41, 5.74) is 3.12. The fraction of sp³-hybridized carbons (Fsp3) is 0.412. The van der Waals surface area contributed by atoms with Crippen molar-refractivity contribution in [1.29, 1.82) is 0 Å². The minimum absolute atomic E-state index is 0.221. The molecule has 2 aromatic rings. The molecule has 0 saturated carbocycles. The molecule has 3 rings (SSSR count). The number of rotatable bonds is 1. The summed E-state index contributed by atoms with van der Waals surface area (Å²) >= 11 is 0. The van der Waals surface area contributed by atoms with Crippen molar-refractivity contribution in [2.45, 2.75) is 27.2 Å². The van der Waals surface area contributed by atoms with Crippen molar-refractivity contribution < 1.29 is 4.79 Å². The number of hydrogen-bond acceptors (Lipinski definition) is 2. The van der Waals surface area contributed by atoms with Crippen LogP contribution >= 0.6 is 0 Å². The molecule has 4 heteroatoms. The van der Waals surface area contributed by atoms with Crippen molar-refractivity contribution in [1.82, 2.24) is 14.9 Å². The molecule has 21 heavy (non-hydrogen) atoms. The van der Waals surface area contributed by atoms with E-state index in [4.69, 9.17) is 0 Å². The molecule has 0 aromatic carbocycles. The first-order chi connectivity index (χ1) is 9.97. The molecule has 1 amide bonds. The van der Waals surface area contributed by atoms with E-state index in [0.29, 0.717) is 6.54 Å². The Morgan fingerprint density at radius 3 is 2.86 bits per heavy atom. The Morgan fingerprint density at radius 1 is 1.38 bits per heavy atom. The highest BCUT2D eigenvalue weighted by Crippen LogP contribution is 2.29. The molecule has 0 bridgehead atoms. The lowest BCUT2D eigenvalue weighted by Crippen LogP contribution is -2.41. The quantitative estimate of drug-likeness (QED) is 0.873. The van der Waals surface area contributed by atoms with Crippen LogP contribution in [0.2, 0.25) is 0 Å². The van der Waals surface area contributed by atoms with Gasteiger partial charge in [-0.05, 0) is 24.1 Å². The van der Waals surface area contributed by atoms with Crippen LogP contribution in [0, 0.1) is 5.41 Å². The molecule has 0 fully saturated rings. The molecule has 0 aliphatic carbocycles. The summed E-state index contributed by atoms with van der Waals surface area (Å²) < 4.78 is 0. The highest BCUT2D eigenvalue weighted by atomic mass is 16.2. The lowest BCUT2D eigenvalue weighted by atomic mass is 9.92. The van der Waals surface area contributed by atoms with Crippen LogP contribution in [0.1, 0.15) is 32.8 Å². The highest BCUT2D eigenvalue weighted by Gasteiger charge is 2.28. The standard InChI is InChI=1S/C17H21N3O/c1-17(2,3)16(21)20-9-6-12(7-10-20)14-11-19-15-13(14)5-4-8-18-15/h4-6,8,11H,7,9-10H2,1-3H3,(H,18,19). The maximum absolute atomic E-state index is 12.3. The Labute approximate surface area is 124 Å². The number of hydrogen-bond donors (Lipinski definition) is 1. The van der Waals surface area contributed by atoms with Crippen molar-refractivity contribution in [2.75, 3.05) is 13.1 Å². The fourth-order valence-electron chi connectivity index (χ4n) is 2.79. The van der Waals surface area contributed by atoms with Crippen molar-refractivity contribution in [2.24, 2.45) is 5.41 Å². The Kier molecular flexibility index (Phi) is 3.32. The van der Waals surface area contributed by atoms with Crippen LogP contribution in [0.4, 0.5) is 0 Å². The SMILES string of the molecule is CC(C)(C)C(=O)N1CC=C(c2c[nH]c3ncccc23)CC1. The summed E-state index contributed by atoms with van der Waals surface area (Å²) in [6, 6.07) is 4.04. The average molecular weight is 283 g/mol. The number of pyridine rings is 1.